The quantitative estimate of drug-likeness (QED) is 0.309. The van der Waals surface area contributed by atoms with Crippen LogP contribution < -0.4 is 9.47 Å². The van der Waals surface area contributed by atoms with Gasteiger partial charge in [0.1, 0.15) is 11.5 Å². The zero-order chi connectivity index (χ0) is 25.2. The van der Waals surface area contributed by atoms with Crippen LogP contribution in [-0.2, 0) is 23.1 Å². The molecule has 0 saturated carbocycles. The lowest BCUT2D eigenvalue weighted by molar-refractivity contribution is 0.410. The van der Waals surface area contributed by atoms with Gasteiger partial charge in [-0.05, 0) is 56.3 Å². The smallest absolute Gasteiger partial charge is 0.200 e. The van der Waals surface area contributed by atoms with Crippen molar-refractivity contribution in [2.24, 2.45) is 0 Å². The predicted octanol–water partition coefficient (Wildman–Crippen LogP) is 4.61. The maximum Gasteiger partial charge on any atom is 0.200 e. The number of pyridine rings is 2. The van der Waals surface area contributed by atoms with Crippen LogP contribution in [0.25, 0.3) is 16.7 Å². The summed E-state index contributed by atoms with van der Waals surface area (Å²) in [6.07, 6.45) is 7.39. The number of rotatable bonds is 8. The average Bonchev–Trinajstić information content (AvgIpc) is 3.55. The summed E-state index contributed by atoms with van der Waals surface area (Å²) in [5.74, 6) is 1.70. The van der Waals surface area contributed by atoms with Crippen molar-refractivity contribution in [2.75, 3.05) is 14.2 Å². The molecule has 0 fully saturated rings. The minimum atomic E-state index is -1.46. The molecule has 0 N–H and O–H groups in total. The fourth-order valence-corrected chi connectivity index (χ4v) is 5.56. The van der Waals surface area contributed by atoms with Gasteiger partial charge in [0.05, 0.1) is 59.7 Å². The standard InChI is InChI=1S/C27H27N5O3S/c1-18-22(28-11-9-25(18)34-3)16-32-24-15-20(31-13-5-6-14-31)7-8-21(24)30-27(32)36(33)17-23-19(2)26(35-4)10-12-29-23/h5-15H,16-17H2,1-4H3. The van der Waals surface area contributed by atoms with Gasteiger partial charge < -0.3 is 18.6 Å². The summed E-state index contributed by atoms with van der Waals surface area (Å²) in [5.41, 5.74) is 5.99. The molecule has 4 heterocycles. The Kier molecular flexibility index (Phi) is 6.56. The van der Waals surface area contributed by atoms with E-state index in [9.17, 15) is 4.21 Å². The van der Waals surface area contributed by atoms with E-state index >= 15 is 0 Å². The van der Waals surface area contributed by atoms with Gasteiger partial charge in [-0.1, -0.05) is 0 Å². The number of benzene rings is 1. The highest BCUT2D eigenvalue weighted by molar-refractivity contribution is 7.84. The molecule has 0 aliphatic heterocycles. The molecule has 1 aromatic carbocycles. The van der Waals surface area contributed by atoms with Crippen LogP contribution in [-0.4, -0.2) is 42.5 Å². The maximum absolute atomic E-state index is 13.8. The van der Waals surface area contributed by atoms with Crippen molar-refractivity contribution >= 4 is 21.8 Å². The molecule has 0 aliphatic carbocycles. The van der Waals surface area contributed by atoms with E-state index in [0.717, 1.165) is 50.7 Å². The van der Waals surface area contributed by atoms with E-state index in [-0.39, 0.29) is 5.75 Å². The van der Waals surface area contributed by atoms with E-state index in [4.69, 9.17) is 14.5 Å². The van der Waals surface area contributed by atoms with Gasteiger partial charge in [0, 0.05) is 41.6 Å². The molecule has 184 valence electrons. The molecular formula is C27H27N5O3S. The number of methoxy groups -OCH3 is 2. The zero-order valence-corrected chi connectivity index (χ0v) is 21.5. The highest BCUT2D eigenvalue weighted by atomic mass is 32.2. The third-order valence-corrected chi connectivity index (χ3v) is 7.59. The first kappa shape index (κ1) is 23.7. The molecule has 0 amide bonds. The Labute approximate surface area is 212 Å². The van der Waals surface area contributed by atoms with Crippen LogP contribution in [0.4, 0.5) is 0 Å². The minimum absolute atomic E-state index is 0.224. The second-order valence-corrected chi connectivity index (χ2v) is 9.75. The molecule has 5 rings (SSSR count). The molecule has 5 aromatic rings. The second-order valence-electron chi connectivity index (χ2n) is 8.40. The third kappa shape index (κ3) is 4.37. The van der Waals surface area contributed by atoms with Crippen LogP contribution in [0, 0.1) is 13.8 Å². The summed E-state index contributed by atoms with van der Waals surface area (Å²) in [4.78, 5) is 13.9. The van der Waals surface area contributed by atoms with Crippen LogP contribution in [0.15, 0.2) is 72.4 Å². The SMILES string of the molecule is COc1ccnc(Cn2c(S(=O)Cc3nccc(OC)c3C)nc3ccc(-n4cccc4)cc32)c1C. The lowest BCUT2D eigenvalue weighted by Crippen LogP contribution is -2.12. The van der Waals surface area contributed by atoms with E-state index < -0.39 is 10.8 Å². The van der Waals surface area contributed by atoms with Crippen molar-refractivity contribution in [1.29, 1.82) is 0 Å². The van der Waals surface area contributed by atoms with Crippen molar-refractivity contribution in [3.05, 3.63) is 89.8 Å². The largest absolute Gasteiger partial charge is 0.496 e. The molecular weight excluding hydrogens is 474 g/mol. The van der Waals surface area contributed by atoms with Crippen LogP contribution in [0.2, 0.25) is 0 Å². The lowest BCUT2D eigenvalue weighted by Gasteiger charge is -2.14. The van der Waals surface area contributed by atoms with Crippen molar-refractivity contribution in [2.45, 2.75) is 31.3 Å². The van der Waals surface area contributed by atoms with E-state index in [0.29, 0.717) is 11.7 Å². The molecule has 1 atom stereocenters. The van der Waals surface area contributed by atoms with Crippen molar-refractivity contribution < 1.29 is 13.7 Å². The third-order valence-electron chi connectivity index (χ3n) is 6.34. The Morgan fingerprint density at radius 3 is 2.19 bits per heavy atom. The molecule has 0 bridgehead atoms. The number of hydrogen-bond donors (Lipinski definition) is 0. The van der Waals surface area contributed by atoms with Crippen LogP contribution in [0.3, 0.4) is 0 Å². The maximum atomic E-state index is 13.8. The summed E-state index contributed by atoms with van der Waals surface area (Å²) in [6.45, 7) is 4.31. The molecule has 0 saturated heterocycles. The van der Waals surface area contributed by atoms with Gasteiger partial charge in [-0.15, -0.1) is 0 Å². The lowest BCUT2D eigenvalue weighted by atomic mass is 10.2. The molecule has 0 aliphatic rings. The first-order valence-electron chi connectivity index (χ1n) is 11.5. The van der Waals surface area contributed by atoms with Gasteiger partial charge in [0.25, 0.3) is 0 Å². The highest BCUT2D eigenvalue weighted by Crippen LogP contribution is 2.28. The minimum Gasteiger partial charge on any atom is -0.496 e. The fourth-order valence-electron chi connectivity index (χ4n) is 4.29. The molecule has 9 heteroatoms. The summed E-state index contributed by atoms with van der Waals surface area (Å²) in [5, 5.41) is 0.475. The van der Waals surface area contributed by atoms with E-state index in [1.807, 2.05) is 65.7 Å². The normalized spacial score (nSPS) is 12.1. The Morgan fingerprint density at radius 1 is 0.889 bits per heavy atom. The molecule has 8 nitrogen and oxygen atoms in total. The van der Waals surface area contributed by atoms with E-state index in [2.05, 4.69) is 16.0 Å². The Balaban J connectivity index is 1.62. The van der Waals surface area contributed by atoms with Crippen molar-refractivity contribution in [3.63, 3.8) is 0 Å². The second kappa shape index (κ2) is 9.94. The van der Waals surface area contributed by atoms with Gasteiger partial charge in [-0.3, -0.25) is 14.2 Å². The van der Waals surface area contributed by atoms with Gasteiger partial charge >= 0.3 is 0 Å². The Bertz CT molecular complexity index is 1560. The summed E-state index contributed by atoms with van der Waals surface area (Å²) >= 11 is 0. The molecule has 1 unspecified atom stereocenters. The van der Waals surface area contributed by atoms with Crippen molar-refractivity contribution in [1.82, 2.24) is 24.1 Å². The molecule has 0 spiro atoms. The first-order valence-corrected chi connectivity index (χ1v) is 12.8. The predicted molar refractivity (Wildman–Crippen MR) is 139 cm³/mol. The summed E-state index contributed by atoms with van der Waals surface area (Å²) in [6, 6.07) is 13.6. The zero-order valence-electron chi connectivity index (χ0n) is 20.6. The molecule has 36 heavy (non-hydrogen) atoms. The number of nitrogens with zero attached hydrogens (tertiary/aromatic N) is 5. The number of aromatic nitrogens is 5. The van der Waals surface area contributed by atoms with E-state index in [1.165, 1.54) is 0 Å². The molecule has 4 aromatic heterocycles. The van der Waals surface area contributed by atoms with Gasteiger partial charge in [-0.25, -0.2) is 4.98 Å². The number of hydrogen-bond acceptors (Lipinski definition) is 6. The van der Waals surface area contributed by atoms with Crippen LogP contribution in [0.1, 0.15) is 22.5 Å². The number of imidazole rings is 1. The Hall–Kier alpha value is -3.98. The monoisotopic (exact) mass is 501 g/mol. The topological polar surface area (TPSA) is 84.1 Å². The fraction of sp³-hybridized carbons (Fsp3) is 0.222. The highest BCUT2D eigenvalue weighted by Gasteiger charge is 2.21. The average molecular weight is 502 g/mol. The van der Waals surface area contributed by atoms with Gasteiger partial charge in [0.2, 0.25) is 5.16 Å². The van der Waals surface area contributed by atoms with Crippen LogP contribution >= 0.6 is 0 Å². The van der Waals surface area contributed by atoms with Crippen molar-refractivity contribution in [3.8, 4) is 17.2 Å². The summed E-state index contributed by atoms with van der Waals surface area (Å²) in [7, 11) is 1.80. The Morgan fingerprint density at radius 2 is 1.53 bits per heavy atom. The number of ether oxygens (including phenoxy) is 2. The molecule has 0 radical (unpaired) electrons. The van der Waals surface area contributed by atoms with Gasteiger partial charge in [0.15, 0.2) is 0 Å². The van der Waals surface area contributed by atoms with Gasteiger partial charge in [-0.2, -0.15) is 0 Å². The number of fused-ring (bicyclic) bond motifs is 1. The van der Waals surface area contributed by atoms with Crippen LogP contribution in [0.5, 0.6) is 11.5 Å². The first-order chi connectivity index (χ1) is 17.5. The summed E-state index contributed by atoms with van der Waals surface area (Å²) < 4.78 is 28.7. The van der Waals surface area contributed by atoms with E-state index in [1.54, 1.807) is 32.7 Å².